The minimum Gasteiger partial charge on any atom is -0.409 e. The lowest BCUT2D eigenvalue weighted by Gasteiger charge is -2.06. The summed E-state index contributed by atoms with van der Waals surface area (Å²) in [7, 11) is 0. The molecule has 108 valence electrons. The third-order valence-electron chi connectivity index (χ3n) is 2.89. The molecular weight excluding hydrogens is 290 g/mol. The van der Waals surface area contributed by atoms with Crippen molar-refractivity contribution < 1.29 is 10.0 Å². The summed E-state index contributed by atoms with van der Waals surface area (Å²) in [6.07, 6.45) is 0. The van der Waals surface area contributed by atoms with Crippen molar-refractivity contribution in [2.24, 2.45) is 10.9 Å². The Morgan fingerprint density at radius 3 is 2.48 bits per heavy atom. The van der Waals surface area contributed by atoms with Crippen molar-refractivity contribution in [2.75, 3.05) is 0 Å². The van der Waals surface area contributed by atoms with Gasteiger partial charge in [0.05, 0.1) is 0 Å². The van der Waals surface area contributed by atoms with Crippen molar-refractivity contribution in [3.8, 4) is 0 Å². The maximum atomic E-state index is 12.0. The van der Waals surface area contributed by atoms with Crippen LogP contribution in [0.15, 0.2) is 53.7 Å². The molecule has 5 nitrogen and oxygen atoms in total. The third kappa shape index (κ3) is 3.97. The molecule has 0 aliphatic rings. The molecule has 2 rings (SSSR count). The number of benzene rings is 2. The predicted molar refractivity (Wildman–Crippen MR) is 81.6 cm³/mol. The summed E-state index contributed by atoms with van der Waals surface area (Å²) in [4.78, 5) is 12.0. The molecule has 2 aromatic carbocycles. The number of nitrogens with zero attached hydrogens (tertiary/aromatic N) is 1. The van der Waals surface area contributed by atoms with E-state index in [0.29, 0.717) is 22.7 Å². The van der Waals surface area contributed by atoms with Gasteiger partial charge in [-0.05, 0) is 29.8 Å². The van der Waals surface area contributed by atoms with Crippen LogP contribution in [0.2, 0.25) is 5.02 Å². The number of nitrogens with two attached hydrogens (primary N) is 1. The topological polar surface area (TPSA) is 87.7 Å². The number of amides is 1. The van der Waals surface area contributed by atoms with E-state index in [0.717, 1.165) is 5.56 Å². The highest BCUT2D eigenvalue weighted by Crippen LogP contribution is 2.11. The van der Waals surface area contributed by atoms with Gasteiger partial charge in [-0.2, -0.15) is 0 Å². The SMILES string of the molecule is NC(=NO)c1ccc(C(=O)NCc2cccc(Cl)c2)cc1. The molecule has 0 unspecified atom stereocenters. The Kier molecular flexibility index (Phi) is 4.79. The lowest BCUT2D eigenvalue weighted by Crippen LogP contribution is -2.23. The van der Waals surface area contributed by atoms with Gasteiger partial charge in [0, 0.05) is 22.7 Å². The number of nitrogens with one attached hydrogen (secondary N) is 1. The molecule has 21 heavy (non-hydrogen) atoms. The first-order chi connectivity index (χ1) is 10.1. The van der Waals surface area contributed by atoms with Crippen LogP contribution in [0.1, 0.15) is 21.5 Å². The molecule has 0 aliphatic carbocycles. The second kappa shape index (κ2) is 6.76. The Bertz CT molecular complexity index is 669. The van der Waals surface area contributed by atoms with E-state index in [4.69, 9.17) is 22.5 Å². The molecule has 0 saturated heterocycles. The Balaban J connectivity index is 2.00. The standard InChI is InChI=1S/C15H14ClN3O2/c16-13-3-1-2-10(8-13)9-18-15(20)12-6-4-11(5-7-12)14(17)19-21/h1-8,21H,9H2,(H2,17,19)(H,18,20). The van der Waals surface area contributed by atoms with E-state index in [9.17, 15) is 4.79 Å². The lowest BCUT2D eigenvalue weighted by atomic mass is 10.1. The normalized spacial score (nSPS) is 11.2. The van der Waals surface area contributed by atoms with Gasteiger partial charge in [-0.25, -0.2) is 0 Å². The summed E-state index contributed by atoms with van der Waals surface area (Å²) >= 11 is 5.88. The lowest BCUT2D eigenvalue weighted by molar-refractivity contribution is 0.0951. The van der Waals surface area contributed by atoms with Gasteiger partial charge >= 0.3 is 0 Å². The van der Waals surface area contributed by atoms with Crippen LogP contribution in [0.5, 0.6) is 0 Å². The molecule has 0 radical (unpaired) electrons. The zero-order valence-electron chi connectivity index (χ0n) is 11.1. The number of hydrogen-bond acceptors (Lipinski definition) is 3. The highest BCUT2D eigenvalue weighted by molar-refractivity contribution is 6.30. The van der Waals surface area contributed by atoms with Crippen molar-refractivity contribution in [3.63, 3.8) is 0 Å². The molecular formula is C15H14ClN3O2. The van der Waals surface area contributed by atoms with Crippen LogP contribution in [0, 0.1) is 0 Å². The highest BCUT2D eigenvalue weighted by Gasteiger charge is 2.06. The number of carbonyl (C=O) groups excluding carboxylic acids is 1. The van der Waals surface area contributed by atoms with E-state index in [2.05, 4.69) is 10.5 Å². The second-order valence-electron chi connectivity index (χ2n) is 4.38. The van der Waals surface area contributed by atoms with Gasteiger partial charge in [-0.15, -0.1) is 0 Å². The van der Waals surface area contributed by atoms with E-state index in [1.54, 1.807) is 36.4 Å². The summed E-state index contributed by atoms with van der Waals surface area (Å²) in [6.45, 7) is 0.390. The molecule has 0 aromatic heterocycles. The van der Waals surface area contributed by atoms with E-state index >= 15 is 0 Å². The minimum absolute atomic E-state index is 0.000820. The molecule has 2 aromatic rings. The predicted octanol–water partition coefficient (Wildman–Crippen LogP) is 2.36. The van der Waals surface area contributed by atoms with Gasteiger partial charge in [0.1, 0.15) is 0 Å². The Morgan fingerprint density at radius 1 is 1.19 bits per heavy atom. The first kappa shape index (κ1) is 14.9. The maximum Gasteiger partial charge on any atom is 0.251 e. The zero-order chi connectivity index (χ0) is 15.2. The number of rotatable bonds is 4. The summed E-state index contributed by atoms with van der Waals surface area (Å²) in [5.41, 5.74) is 7.41. The molecule has 0 aliphatic heterocycles. The average molecular weight is 304 g/mol. The smallest absolute Gasteiger partial charge is 0.251 e. The average Bonchev–Trinajstić information content (AvgIpc) is 2.52. The van der Waals surface area contributed by atoms with Gasteiger partial charge < -0.3 is 16.3 Å². The van der Waals surface area contributed by atoms with Crippen LogP contribution in [-0.2, 0) is 6.54 Å². The number of carbonyl (C=O) groups is 1. The van der Waals surface area contributed by atoms with E-state index in [-0.39, 0.29) is 11.7 Å². The summed E-state index contributed by atoms with van der Waals surface area (Å²) in [5.74, 6) is -0.207. The molecule has 0 heterocycles. The van der Waals surface area contributed by atoms with Crippen LogP contribution in [0.3, 0.4) is 0 Å². The fourth-order valence-electron chi connectivity index (χ4n) is 1.78. The Labute approximate surface area is 127 Å². The van der Waals surface area contributed by atoms with Crippen molar-refractivity contribution >= 4 is 23.3 Å². The maximum absolute atomic E-state index is 12.0. The summed E-state index contributed by atoms with van der Waals surface area (Å²) in [5, 5.41) is 14.9. The van der Waals surface area contributed by atoms with E-state index in [1.807, 2.05) is 12.1 Å². The largest absolute Gasteiger partial charge is 0.409 e. The van der Waals surface area contributed by atoms with Gasteiger partial charge in [0.2, 0.25) is 0 Å². The molecule has 4 N–H and O–H groups in total. The first-order valence-electron chi connectivity index (χ1n) is 6.21. The van der Waals surface area contributed by atoms with Gasteiger partial charge in [-0.3, -0.25) is 4.79 Å². The van der Waals surface area contributed by atoms with Crippen LogP contribution in [0.4, 0.5) is 0 Å². The van der Waals surface area contributed by atoms with Crippen LogP contribution in [0.25, 0.3) is 0 Å². The van der Waals surface area contributed by atoms with Crippen LogP contribution in [-0.4, -0.2) is 17.0 Å². The molecule has 1 amide bonds. The molecule has 0 bridgehead atoms. The number of amidine groups is 1. The Hall–Kier alpha value is -2.53. The fourth-order valence-corrected chi connectivity index (χ4v) is 1.99. The second-order valence-corrected chi connectivity index (χ2v) is 4.81. The number of oxime groups is 1. The monoisotopic (exact) mass is 303 g/mol. The number of hydrogen-bond donors (Lipinski definition) is 3. The fraction of sp³-hybridized carbons (Fsp3) is 0.0667. The van der Waals surface area contributed by atoms with E-state index < -0.39 is 0 Å². The van der Waals surface area contributed by atoms with Crippen molar-refractivity contribution in [3.05, 3.63) is 70.2 Å². The Morgan fingerprint density at radius 2 is 1.86 bits per heavy atom. The van der Waals surface area contributed by atoms with Crippen LogP contribution < -0.4 is 11.1 Å². The number of halogens is 1. The first-order valence-corrected chi connectivity index (χ1v) is 6.58. The molecule has 0 saturated carbocycles. The van der Waals surface area contributed by atoms with Crippen molar-refractivity contribution in [1.29, 1.82) is 0 Å². The van der Waals surface area contributed by atoms with Gasteiger partial charge in [-0.1, -0.05) is 41.0 Å². The molecule has 0 spiro atoms. The zero-order valence-corrected chi connectivity index (χ0v) is 11.8. The summed E-state index contributed by atoms with van der Waals surface area (Å²) in [6, 6.07) is 13.7. The third-order valence-corrected chi connectivity index (χ3v) is 3.13. The minimum atomic E-state index is -0.207. The molecule has 6 heteroatoms. The van der Waals surface area contributed by atoms with Gasteiger partial charge in [0.15, 0.2) is 5.84 Å². The molecule has 0 atom stereocenters. The van der Waals surface area contributed by atoms with Gasteiger partial charge in [0.25, 0.3) is 5.91 Å². The van der Waals surface area contributed by atoms with Crippen LogP contribution >= 0.6 is 11.6 Å². The molecule has 0 fully saturated rings. The highest BCUT2D eigenvalue weighted by atomic mass is 35.5. The summed E-state index contributed by atoms with van der Waals surface area (Å²) < 4.78 is 0. The van der Waals surface area contributed by atoms with Crippen molar-refractivity contribution in [1.82, 2.24) is 5.32 Å². The van der Waals surface area contributed by atoms with Crippen molar-refractivity contribution in [2.45, 2.75) is 6.54 Å². The van der Waals surface area contributed by atoms with E-state index in [1.165, 1.54) is 0 Å². The quantitative estimate of drug-likeness (QED) is 0.351.